The molecule has 2 aliphatic rings. The molecule has 0 radical (unpaired) electrons. The molecule has 0 saturated carbocycles. The molecule has 9 heteroatoms. The summed E-state index contributed by atoms with van der Waals surface area (Å²) in [5.74, 6) is -0.504. The first-order valence-corrected chi connectivity index (χ1v) is 12.8. The lowest BCUT2D eigenvalue weighted by Crippen LogP contribution is -2.52. The molecule has 1 fully saturated rings. The second kappa shape index (κ2) is 12.0. The zero-order chi connectivity index (χ0) is 26.3. The van der Waals surface area contributed by atoms with Gasteiger partial charge in [-0.2, -0.15) is 0 Å². The van der Waals surface area contributed by atoms with Gasteiger partial charge in [-0.25, -0.2) is 4.79 Å². The largest absolute Gasteiger partial charge is 0.361 e. The number of nitrogens with zero attached hydrogens (tertiary/aromatic N) is 2. The van der Waals surface area contributed by atoms with Gasteiger partial charge in [0, 0.05) is 37.6 Å². The summed E-state index contributed by atoms with van der Waals surface area (Å²) in [6, 6.07) is 17.3. The van der Waals surface area contributed by atoms with Crippen LogP contribution in [-0.2, 0) is 46.9 Å². The van der Waals surface area contributed by atoms with Crippen LogP contribution in [0.1, 0.15) is 40.7 Å². The minimum absolute atomic E-state index is 0.231. The molecule has 1 saturated heterocycles. The van der Waals surface area contributed by atoms with E-state index < -0.39 is 6.04 Å². The maximum absolute atomic E-state index is 12.5. The van der Waals surface area contributed by atoms with Gasteiger partial charge in [0.2, 0.25) is 11.8 Å². The van der Waals surface area contributed by atoms with E-state index in [1.807, 2.05) is 59.5 Å². The molecule has 38 heavy (non-hydrogen) atoms. The number of imide groups is 1. The number of aryl methyl sites for hydroxylation is 2. The molecule has 0 bridgehead atoms. The van der Waals surface area contributed by atoms with Crippen molar-refractivity contribution in [1.29, 1.82) is 0 Å². The van der Waals surface area contributed by atoms with Gasteiger partial charge in [0.1, 0.15) is 6.73 Å². The number of ether oxygens (including phenoxy) is 1. The first-order chi connectivity index (χ1) is 18.5. The summed E-state index contributed by atoms with van der Waals surface area (Å²) in [6.07, 6.45) is 6.27. The average molecular weight is 514 g/mol. The van der Waals surface area contributed by atoms with E-state index in [4.69, 9.17) is 4.74 Å². The van der Waals surface area contributed by atoms with Crippen molar-refractivity contribution < 1.29 is 19.1 Å². The number of rotatable bonds is 7. The molecule has 9 nitrogen and oxygen atoms in total. The van der Waals surface area contributed by atoms with E-state index in [1.54, 1.807) is 12.4 Å². The van der Waals surface area contributed by atoms with Gasteiger partial charge in [-0.1, -0.05) is 30.3 Å². The maximum atomic E-state index is 12.5. The number of aromatic nitrogens is 1. The van der Waals surface area contributed by atoms with E-state index in [1.165, 1.54) is 11.1 Å². The first-order valence-electron chi connectivity index (χ1n) is 12.8. The topological polar surface area (TPSA) is 113 Å². The Kier molecular flexibility index (Phi) is 8.06. The van der Waals surface area contributed by atoms with E-state index in [-0.39, 0.29) is 17.8 Å². The molecule has 3 N–H and O–H groups in total. The van der Waals surface area contributed by atoms with Gasteiger partial charge in [0.05, 0.1) is 12.6 Å². The average Bonchev–Trinajstić information content (AvgIpc) is 3.14. The number of hydrogen-bond acceptors (Lipinski definition) is 6. The zero-order valence-corrected chi connectivity index (χ0v) is 21.1. The Morgan fingerprint density at radius 1 is 0.974 bits per heavy atom. The minimum Gasteiger partial charge on any atom is -0.361 e. The molecule has 2 aromatic carbocycles. The molecule has 1 unspecified atom stereocenters. The van der Waals surface area contributed by atoms with E-state index in [2.05, 4.69) is 20.9 Å². The van der Waals surface area contributed by atoms with Gasteiger partial charge in [0.15, 0.2) is 0 Å². The standard InChI is InChI=1S/C29H31N5O4/c35-27-10-9-26(28(36)33-27)34-17-24-15-22(3-6-23(24)18-38-19-34)16-31-29(37)32-25-7-4-20(5-8-25)1-2-21-11-13-30-14-12-21/h3-8,11-15,26H,1-2,9-10,16-19H2,(H2,31,32,37)(H,33,35,36). The monoisotopic (exact) mass is 513 g/mol. The Hall–Kier alpha value is -4.08. The third-order valence-corrected chi connectivity index (χ3v) is 6.93. The van der Waals surface area contributed by atoms with Gasteiger partial charge in [-0.05, 0) is 71.3 Å². The Morgan fingerprint density at radius 2 is 1.71 bits per heavy atom. The van der Waals surface area contributed by atoms with Crippen LogP contribution in [-0.4, -0.2) is 40.5 Å². The number of fused-ring (bicyclic) bond motifs is 1. The third kappa shape index (κ3) is 6.62. The van der Waals surface area contributed by atoms with Crippen molar-refractivity contribution in [2.24, 2.45) is 0 Å². The number of amides is 4. The number of hydrogen-bond donors (Lipinski definition) is 3. The zero-order valence-electron chi connectivity index (χ0n) is 21.1. The minimum atomic E-state index is -0.395. The number of piperidine rings is 1. The highest BCUT2D eigenvalue weighted by Crippen LogP contribution is 2.23. The Morgan fingerprint density at radius 3 is 2.47 bits per heavy atom. The fourth-order valence-electron chi connectivity index (χ4n) is 4.80. The summed E-state index contributed by atoms with van der Waals surface area (Å²) in [5, 5.41) is 8.22. The van der Waals surface area contributed by atoms with E-state index in [0.29, 0.717) is 39.3 Å². The van der Waals surface area contributed by atoms with Crippen LogP contribution >= 0.6 is 0 Å². The van der Waals surface area contributed by atoms with Gasteiger partial charge in [-0.3, -0.25) is 24.8 Å². The van der Waals surface area contributed by atoms with Crippen molar-refractivity contribution in [1.82, 2.24) is 20.5 Å². The van der Waals surface area contributed by atoms with E-state index in [9.17, 15) is 14.4 Å². The first kappa shape index (κ1) is 25.6. The molecular formula is C29H31N5O4. The number of benzene rings is 2. The van der Waals surface area contributed by atoms with Crippen LogP contribution in [0.5, 0.6) is 0 Å². The number of anilines is 1. The molecule has 5 rings (SSSR count). The molecule has 2 aliphatic heterocycles. The van der Waals surface area contributed by atoms with Gasteiger partial charge >= 0.3 is 6.03 Å². The normalized spacial score (nSPS) is 17.7. The molecule has 3 heterocycles. The van der Waals surface area contributed by atoms with Gasteiger partial charge < -0.3 is 15.4 Å². The predicted octanol–water partition coefficient (Wildman–Crippen LogP) is 3.28. The van der Waals surface area contributed by atoms with Gasteiger partial charge in [-0.15, -0.1) is 0 Å². The number of pyridine rings is 1. The molecule has 0 aliphatic carbocycles. The molecule has 1 aromatic heterocycles. The summed E-state index contributed by atoms with van der Waals surface area (Å²) in [5.41, 5.74) is 6.24. The van der Waals surface area contributed by atoms with E-state index in [0.717, 1.165) is 35.2 Å². The van der Waals surface area contributed by atoms with Crippen LogP contribution in [0, 0.1) is 0 Å². The lowest BCUT2D eigenvalue weighted by atomic mass is 10.0. The van der Waals surface area contributed by atoms with Crippen LogP contribution in [0.4, 0.5) is 10.5 Å². The Balaban J connectivity index is 1.13. The van der Waals surface area contributed by atoms with Crippen molar-refractivity contribution in [3.63, 3.8) is 0 Å². The van der Waals surface area contributed by atoms with Crippen molar-refractivity contribution in [3.8, 4) is 0 Å². The highest BCUT2D eigenvalue weighted by atomic mass is 16.5. The Bertz CT molecular complexity index is 1300. The molecule has 0 spiro atoms. The maximum Gasteiger partial charge on any atom is 0.319 e. The second-order valence-electron chi connectivity index (χ2n) is 9.65. The third-order valence-electron chi connectivity index (χ3n) is 6.93. The van der Waals surface area contributed by atoms with Crippen LogP contribution in [0.2, 0.25) is 0 Å². The van der Waals surface area contributed by atoms with Crippen molar-refractivity contribution in [2.75, 3.05) is 12.0 Å². The van der Waals surface area contributed by atoms with Crippen LogP contribution < -0.4 is 16.0 Å². The number of nitrogens with one attached hydrogen (secondary N) is 3. The quantitative estimate of drug-likeness (QED) is 0.418. The van der Waals surface area contributed by atoms with E-state index >= 15 is 0 Å². The molecule has 4 amide bonds. The second-order valence-corrected chi connectivity index (χ2v) is 9.65. The van der Waals surface area contributed by atoms with Crippen LogP contribution in [0.25, 0.3) is 0 Å². The number of carbonyl (C=O) groups excluding carboxylic acids is 3. The fraction of sp³-hybridized carbons (Fsp3) is 0.310. The number of carbonyl (C=O) groups is 3. The SMILES string of the molecule is O=C1CCC(N2COCc3ccc(CNC(=O)Nc4ccc(CCc5ccncc5)cc4)cc3C2)C(=O)N1. The summed E-state index contributed by atoms with van der Waals surface area (Å²) < 4.78 is 5.79. The molecular weight excluding hydrogens is 482 g/mol. The number of urea groups is 1. The van der Waals surface area contributed by atoms with Gasteiger partial charge in [0.25, 0.3) is 0 Å². The summed E-state index contributed by atoms with van der Waals surface area (Å²) in [7, 11) is 0. The lowest BCUT2D eigenvalue weighted by Gasteiger charge is -2.31. The molecule has 3 aromatic rings. The predicted molar refractivity (Wildman–Crippen MR) is 142 cm³/mol. The van der Waals surface area contributed by atoms with Crippen molar-refractivity contribution >= 4 is 23.5 Å². The van der Waals surface area contributed by atoms with Crippen LogP contribution in [0.15, 0.2) is 67.0 Å². The summed E-state index contributed by atoms with van der Waals surface area (Å²) in [4.78, 5) is 42.4. The smallest absolute Gasteiger partial charge is 0.319 e. The highest BCUT2D eigenvalue weighted by molar-refractivity contribution is 6.00. The van der Waals surface area contributed by atoms with Crippen LogP contribution in [0.3, 0.4) is 0 Å². The highest BCUT2D eigenvalue weighted by Gasteiger charge is 2.33. The van der Waals surface area contributed by atoms with Crippen molar-refractivity contribution in [2.45, 2.75) is 51.4 Å². The fourth-order valence-corrected chi connectivity index (χ4v) is 4.80. The lowest BCUT2D eigenvalue weighted by molar-refractivity contribution is -0.140. The summed E-state index contributed by atoms with van der Waals surface area (Å²) in [6.45, 7) is 1.67. The summed E-state index contributed by atoms with van der Waals surface area (Å²) >= 11 is 0. The Labute approximate surface area is 221 Å². The van der Waals surface area contributed by atoms with Crippen molar-refractivity contribution in [3.05, 3.63) is 94.8 Å². The molecule has 1 atom stereocenters. The molecule has 196 valence electrons.